The van der Waals surface area contributed by atoms with Gasteiger partial charge in [-0.25, -0.2) is 0 Å². The highest BCUT2D eigenvalue weighted by molar-refractivity contribution is 6.31. The van der Waals surface area contributed by atoms with Crippen LogP contribution in [-0.4, -0.2) is 30.1 Å². The molecule has 2 bridgehead atoms. The van der Waals surface area contributed by atoms with Gasteiger partial charge in [0.1, 0.15) is 6.61 Å². The van der Waals surface area contributed by atoms with Crippen molar-refractivity contribution in [3.8, 4) is 11.5 Å². The van der Waals surface area contributed by atoms with Crippen LogP contribution in [-0.2, 0) is 16.2 Å². The summed E-state index contributed by atoms with van der Waals surface area (Å²) in [5, 5.41) is 6.02. The van der Waals surface area contributed by atoms with E-state index in [0.717, 1.165) is 17.0 Å². The lowest BCUT2D eigenvalue weighted by molar-refractivity contribution is -0.140. The quantitative estimate of drug-likeness (QED) is 0.364. The van der Waals surface area contributed by atoms with Crippen LogP contribution in [0.5, 0.6) is 11.5 Å². The van der Waals surface area contributed by atoms with E-state index < -0.39 is 0 Å². The van der Waals surface area contributed by atoms with Crippen LogP contribution in [0.25, 0.3) is 0 Å². The number of nitrogens with zero attached hydrogens (tertiary/aromatic N) is 2. The van der Waals surface area contributed by atoms with Crippen LogP contribution >= 0.6 is 11.6 Å². The van der Waals surface area contributed by atoms with Gasteiger partial charge in [-0.15, -0.1) is 0 Å². The monoisotopic (exact) mass is 462 g/mol. The largest absolute Gasteiger partial charge is 0.493 e. The molecule has 6 nitrogen and oxygen atoms in total. The smallest absolute Gasteiger partial charge is 0.254 e. The number of methoxy groups -OCH3 is 1. The van der Waals surface area contributed by atoms with Crippen molar-refractivity contribution in [3.05, 3.63) is 70.8 Å². The molecule has 0 N–H and O–H groups in total. The number of ether oxygens (including phenoxy) is 2. The molecule has 1 aliphatic heterocycles. The summed E-state index contributed by atoms with van der Waals surface area (Å²) in [6.07, 6.45) is 6.99. The van der Waals surface area contributed by atoms with Gasteiger partial charge in [0, 0.05) is 10.6 Å². The van der Waals surface area contributed by atoms with Crippen LogP contribution < -0.4 is 9.47 Å². The van der Waals surface area contributed by atoms with Crippen molar-refractivity contribution in [1.82, 2.24) is 5.01 Å². The average Bonchev–Trinajstić information content (AvgIpc) is 3.62. The fraction of sp³-hybridized carbons (Fsp3) is 0.346. The highest BCUT2D eigenvalue weighted by Crippen LogP contribution is 2.65. The van der Waals surface area contributed by atoms with Gasteiger partial charge in [-0.3, -0.25) is 9.59 Å². The molecular formula is C26H23ClN2O4. The van der Waals surface area contributed by atoms with E-state index in [1.807, 2.05) is 30.3 Å². The number of hydrogen-bond donors (Lipinski definition) is 0. The first-order valence-corrected chi connectivity index (χ1v) is 11.6. The Bertz CT molecular complexity index is 1170. The second-order valence-electron chi connectivity index (χ2n) is 9.18. The molecule has 168 valence electrons. The molecule has 0 radical (unpaired) electrons. The molecule has 7 rings (SSSR count). The van der Waals surface area contributed by atoms with Crippen molar-refractivity contribution in [2.45, 2.75) is 13.0 Å². The molecule has 3 fully saturated rings. The molecule has 33 heavy (non-hydrogen) atoms. The normalized spacial score (nSPS) is 31.2. The molecule has 0 unspecified atom stereocenters. The molecule has 2 amide bonds. The maximum absolute atomic E-state index is 13.1. The van der Waals surface area contributed by atoms with Crippen LogP contribution in [0.15, 0.2) is 59.7 Å². The molecule has 2 aromatic carbocycles. The second kappa shape index (κ2) is 7.73. The average molecular weight is 463 g/mol. The maximum Gasteiger partial charge on any atom is 0.254 e. The van der Waals surface area contributed by atoms with Gasteiger partial charge in [-0.1, -0.05) is 42.0 Å². The minimum absolute atomic E-state index is 0.169. The topological polar surface area (TPSA) is 68.2 Å². The van der Waals surface area contributed by atoms with Gasteiger partial charge in [0.05, 0.1) is 25.2 Å². The first-order valence-electron chi connectivity index (χ1n) is 11.2. The van der Waals surface area contributed by atoms with Gasteiger partial charge >= 0.3 is 0 Å². The number of amides is 2. The molecule has 0 aromatic heterocycles. The molecule has 2 saturated carbocycles. The predicted molar refractivity (Wildman–Crippen MR) is 123 cm³/mol. The minimum Gasteiger partial charge on any atom is -0.493 e. The van der Waals surface area contributed by atoms with E-state index in [-0.39, 0.29) is 35.5 Å². The highest BCUT2D eigenvalue weighted by atomic mass is 35.5. The van der Waals surface area contributed by atoms with E-state index in [4.69, 9.17) is 21.1 Å². The Balaban J connectivity index is 1.18. The van der Waals surface area contributed by atoms with Gasteiger partial charge in [0.25, 0.3) is 11.8 Å². The lowest BCUT2D eigenvalue weighted by atomic mass is 9.63. The summed E-state index contributed by atoms with van der Waals surface area (Å²) in [5.74, 6) is 1.79. The predicted octanol–water partition coefficient (Wildman–Crippen LogP) is 4.31. The molecule has 7 heteroatoms. The molecule has 5 aliphatic rings. The number of carbonyl (C=O) groups is 2. The number of allylic oxidation sites excluding steroid dienone is 2. The third-order valence-corrected chi connectivity index (χ3v) is 7.86. The third-order valence-electron chi connectivity index (χ3n) is 7.49. The molecule has 1 saturated heterocycles. The molecule has 2 aromatic rings. The summed E-state index contributed by atoms with van der Waals surface area (Å²) in [5.41, 5.74) is 1.58. The van der Waals surface area contributed by atoms with Crippen molar-refractivity contribution in [3.63, 3.8) is 0 Å². The Hall–Kier alpha value is -3.12. The van der Waals surface area contributed by atoms with Gasteiger partial charge in [0.15, 0.2) is 11.5 Å². The standard InChI is InChI=1S/C26H23ClN2O4/c1-32-22-10-14(6-9-21(22)33-13-15-4-2-3-5-20(15)27)12-28-29-25(30)23-16-7-8-17(19-11-18(16)19)24(23)26(29)31/h2-10,12,16-19,23-24H,11,13H2,1H3/b28-12-/t16-,17+,18-,19-,23+,24-/m1/s1. The van der Waals surface area contributed by atoms with Gasteiger partial charge < -0.3 is 9.47 Å². The summed E-state index contributed by atoms with van der Waals surface area (Å²) in [7, 11) is 1.56. The summed E-state index contributed by atoms with van der Waals surface area (Å²) < 4.78 is 11.4. The third kappa shape index (κ3) is 3.27. The van der Waals surface area contributed by atoms with Crippen molar-refractivity contribution >= 4 is 29.6 Å². The second-order valence-corrected chi connectivity index (χ2v) is 9.59. The summed E-state index contributed by atoms with van der Waals surface area (Å²) in [6.45, 7) is 0.307. The van der Waals surface area contributed by atoms with E-state index in [9.17, 15) is 9.59 Å². The summed E-state index contributed by atoms with van der Waals surface area (Å²) >= 11 is 6.20. The van der Waals surface area contributed by atoms with E-state index in [2.05, 4.69) is 17.3 Å². The Morgan fingerprint density at radius 3 is 2.39 bits per heavy atom. The zero-order valence-electron chi connectivity index (χ0n) is 18.1. The van der Waals surface area contributed by atoms with Crippen LogP contribution in [0.3, 0.4) is 0 Å². The fourth-order valence-electron chi connectivity index (χ4n) is 5.83. The number of hydrogen-bond acceptors (Lipinski definition) is 5. The van der Waals surface area contributed by atoms with Crippen LogP contribution in [0, 0.1) is 35.5 Å². The Kier molecular flexibility index (Phi) is 4.80. The minimum atomic E-state index is -0.247. The Labute approximate surface area is 196 Å². The van der Waals surface area contributed by atoms with Gasteiger partial charge in [-0.05, 0) is 59.9 Å². The van der Waals surface area contributed by atoms with E-state index >= 15 is 0 Å². The first-order chi connectivity index (χ1) is 16.1. The highest BCUT2D eigenvalue weighted by Gasteiger charge is 2.67. The molecule has 6 atom stereocenters. The number of halogens is 1. The number of imide groups is 1. The van der Waals surface area contributed by atoms with Crippen molar-refractivity contribution in [2.75, 3.05) is 7.11 Å². The summed E-state index contributed by atoms with van der Waals surface area (Å²) in [4.78, 5) is 26.1. The Morgan fingerprint density at radius 1 is 1.03 bits per heavy atom. The number of carbonyl (C=O) groups excluding carboxylic acids is 2. The van der Waals surface area contributed by atoms with E-state index in [1.54, 1.807) is 19.2 Å². The van der Waals surface area contributed by atoms with Gasteiger partial charge in [0.2, 0.25) is 0 Å². The van der Waals surface area contributed by atoms with Crippen molar-refractivity contribution in [2.24, 2.45) is 40.6 Å². The number of benzene rings is 2. The van der Waals surface area contributed by atoms with Crippen molar-refractivity contribution < 1.29 is 19.1 Å². The lowest BCUT2D eigenvalue weighted by Crippen LogP contribution is -2.40. The van der Waals surface area contributed by atoms with Crippen LogP contribution in [0.2, 0.25) is 5.02 Å². The molecule has 1 heterocycles. The molecular weight excluding hydrogens is 440 g/mol. The van der Waals surface area contributed by atoms with Gasteiger partial charge in [-0.2, -0.15) is 10.1 Å². The number of hydrazone groups is 1. The SMILES string of the molecule is COc1cc(/C=N\N2C(=O)[C@@H]3[C@H]4C=C[C@H]([C@H]5C[C@H]45)[C@@H]3C2=O)ccc1OCc1ccccc1Cl. The lowest BCUT2D eigenvalue weighted by Gasteiger charge is -2.37. The van der Waals surface area contributed by atoms with E-state index in [0.29, 0.717) is 40.5 Å². The van der Waals surface area contributed by atoms with Crippen molar-refractivity contribution in [1.29, 1.82) is 0 Å². The molecule has 0 spiro atoms. The summed E-state index contributed by atoms with van der Waals surface area (Å²) in [6, 6.07) is 12.9. The maximum atomic E-state index is 13.1. The van der Waals surface area contributed by atoms with E-state index in [1.165, 1.54) is 6.21 Å². The number of rotatable bonds is 6. The zero-order chi connectivity index (χ0) is 22.7. The first kappa shape index (κ1) is 20.5. The molecule has 4 aliphatic carbocycles. The fourth-order valence-corrected chi connectivity index (χ4v) is 6.02. The Morgan fingerprint density at radius 2 is 1.73 bits per heavy atom. The van der Waals surface area contributed by atoms with Crippen LogP contribution in [0.4, 0.5) is 0 Å². The zero-order valence-corrected chi connectivity index (χ0v) is 18.8. The van der Waals surface area contributed by atoms with Crippen LogP contribution in [0.1, 0.15) is 17.5 Å².